The van der Waals surface area contributed by atoms with Gasteiger partial charge in [-0.1, -0.05) is 0 Å². The molecule has 0 radical (unpaired) electrons. The summed E-state index contributed by atoms with van der Waals surface area (Å²) in [7, 11) is 3.56. The molecule has 82 valence electrons. The minimum Gasteiger partial charge on any atom is -0.377 e. The average molecular weight is 200 g/mol. The van der Waals surface area contributed by atoms with E-state index < -0.39 is 0 Å². The van der Waals surface area contributed by atoms with Crippen molar-refractivity contribution in [3.63, 3.8) is 0 Å². The summed E-state index contributed by atoms with van der Waals surface area (Å²) in [4.78, 5) is 12.8. The number of nitrogens with one attached hydrogen (secondary N) is 1. The first-order valence-electron chi connectivity index (χ1n) is 5.22. The second-order valence-corrected chi connectivity index (χ2v) is 3.88. The molecule has 1 aliphatic heterocycles. The zero-order chi connectivity index (χ0) is 10.4. The third-order valence-electron chi connectivity index (χ3n) is 2.40. The number of ether oxygens (including phenoxy) is 1. The van der Waals surface area contributed by atoms with E-state index in [9.17, 15) is 4.79 Å². The fourth-order valence-corrected chi connectivity index (χ4v) is 1.47. The van der Waals surface area contributed by atoms with Crippen LogP contribution in [0.2, 0.25) is 0 Å². The Labute approximate surface area is 85.6 Å². The monoisotopic (exact) mass is 200 g/mol. The van der Waals surface area contributed by atoms with Gasteiger partial charge >= 0.3 is 0 Å². The van der Waals surface area contributed by atoms with Crippen molar-refractivity contribution in [3.8, 4) is 0 Å². The van der Waals surface area contributed by atoms with Crippen molar-refractivity contribution in [2.75, 3.05) is 33.8 Å². The summed E-state index contributed by atoms with van der Waals surface area (Å²) in [6.45, 7) is 2.72. The topological polar surface area (TPSA) is 41.6 Å². The zero-order valence-electron chi connectivity index (χ0n) is 9.08. The summed E-state index contributed by atoms with van der Waals surface area (Å²) in [5.41, 5.74) is 0. The Morgan fingerprint density at radius 2 is 2.36 bits per heavy atom. The van der Waals surface area contributed by atoms with Crippen molar-refractivity contribution >= 4 is 5.91 Å². The highest BCUT2D eigenvalue weighted by Crippen LogP contribution is 2.04. The van der Waals surface area contributed by atoms with Crippen molar-refractivity contribution in [2.45, 2.75) is 25.4 Å². The number of carbonyl (C=O) groups is 1. The molecular weight excluding hydrogens is 180 g/mol. The van der Waals surface area contributed by atoms with Gasteiger partial charge in [0.1, 0.15) is 0 Å². The van der Waals surface area contributed by atoms with Crippen LogP contribution in [0.4, 0.5) is 0 Å². The van der Waals surface area contributed by atoms with Gasteiger partial charge in [0.25, 0.3) is 0 Å². The molecule has 1 fully saturated rings. The Kier molecular flexibility index (Phi) is 4.90. The van der Waals surface area contributed by atoms with Crippen LogP contribution in [0.1, 0.15) is 19.3 Å². The van der Waals surface area contributed by atoms with Crippen molar-refractivity contribution < 1.29 is 9.53 Å². The summed E-state index contributed by atoms with van der Waals surface area (Å²) < 4.78 is 5.60. The van der Waals surface area contributed by atoms with Gasteiger partial charge in [-0.25, -0.2) is 0 Å². The number of hydrogen-bond acceptors (Lipinski definition) is 3. The van der Waals surface area contributed by atoms with E-state index in [1.165, 1.54) is 0 Å². The molecule has 0 aliphatic carbocycles. The summed E-state index contributed by atoms with van der Waals surface area (Å²) in [6, 6.07) is 0. The summed E-state index contributed by atoms with van der Waals surface area (Å²) in [5, 5.41) is 3.24. The molecule has 14 heavy (non-hydrogen) atoms. The number of rotatable bonds is 5. The minimum absolute atomic E-state index is 0.179. The zero-order valence-corrected chi connectivity index (χ0v) is 9.08. The molecule has 1 aliphatic rings. The van der Waals surface area contributed by atoms with Crippen molar-refractivity contribution in [1.82, 2.24) is 10.2 Å². The second kappa shape index (κ2) is 5.98. The first-order valence-corrected chi connectivity index (χ1v) is 5.22. The van der Waals surface area contributed by atoms with Gasteiger partial charge in [-0.2, -0.15) is 0 Å². The molecule has 1 saturated heterocycles. The minimum atomic E-state index is 0.179. The highest BCUT2D eigenvalue weighted by molar-refractivity contribution is 5.75. The molecule has 1 rings (SSSR count). The SMILES string of the molecule is CN(C)C(=O)CCCOC1CCNC1. The molecule has 1 atom stereocenters. The predicted molar refractivity (Wildman–Crippen MR) is 55.2 cm³/mol. The largest absolute Gasteiger partial charge is 0.377 e. The predicted octanol–water partition coefficient (Wildman–Crippen LogP) is 0.233. The van der Waals surface area contributed by atoms with Gasteiger partial charge < -0.3 is 15.0 Å². The maximum atomic E-state index is 11.2. The van der Waals surface area contributed by atoms with E-state index in [4.69, 9.17) is 4.74 Å². The van der Waals surface area contributed by atoms with E-state index in [0.29, 0.717) is 19.1 Å². The quantitative estimate of drug-likeness (QED) is 0.646. The van der Waals surface area contributed by atoms with E-state index in [-0.39, 0.29) is 5.91 Å². The van der Waals surface area contributed by atoms with Crippen LogP contribution in [0.15, 0.2) is 0 Å². The van der Waals surface area contributed by atoms with Gasteiger partial charge in [-0.15, -0.1) is 0 Å². The average Bonchev–Trinajstić information content (AvgIpc) is 2.64. The van der Waals surface area contributed by atoms with Gasteiger partial charge in [0.05, 0.1) is 6.10 Å². The Morgan fingerprint density at radius 1 is 1.57 bits per heavy atom. The Morgan fingerprint density at radius 3 is 2.93 bits per heavy atom. The van der Waals surface area contributed by atoms with Crippen molar-refractivity contribution in [1.29, 1.82) is 0 Å². The highest BCUT2D eigenvalue weighted by Gasteiger charge is 2.14. The Balaban J connectivity index is 1.96. The fourth-order valence-electron chi connectivity index (χ4n) is 1.47. The highest BCUT2D eigenvalue weighted by atomic mass is 16.5. The molecule has 1 unspecified atom stereocenters. The van der Waals surface area contributed by atoms with E-state index >= 15 is 0 Å². The third-order valence-corrected chi connectivity index (χ3v) is 2.40. The van der Waals surface area contributed by atoms with Crippen LogP contribution < -0.4 is 5.32 Å². The molecule has 0 spiro atoms. The number of nitrogens with zero attached hydrogens (tertiary/aromatic N) is 1. The molecule has 0 bridgehead atoms. The fraction of sp³-hybridized carbons (Fsp3) is 0.900. The van der Waals surface area contributed by atoms with Crippen LogP contribution in [0, 0.1) is 0 Å². The molecule has 1 N–H and O–H groups in total. The number of carbonyl (C=O) groups excluding carboxylic acids is 1. The van der Waals surface area contributed by atoms with Gasteiger partial charge in [0, 0.05) is 33.7 Å². The molecule has 0 aromatic rings. The molecule has 0 aromatic heterocycles. The first kappa shape index (κ1) is 11.5. The van der Waals surface area contributed by atoms with Gasteiger partial charge in [-0.3, -0.25) is 4.79 Å². The third kappa shape index (κ3) is 4.07. The summed E-state index contributed by atoms with van der Waals surface area (Å²) >= 11 is 0. The Hall–Kier alpha value is -0.610. The number of amides is 1. The van der Waals surface area contributed by atoms with E-state index in [0.717, 1.165) is 25.9 Å². The van der Waals surface area contributed by atoms with Crippen molar-refractivity contribution in [2.24, 2.45) is 0 Å². The van der Waals surface area contributed by atoms with E-state index in [1.54, 1.807) is 19.0 Å². The molecule has 0 saturated carbocycles. The van der Waals surface area contributed by atoms with Crippen LogP contribution in [-0.2, 0) is 9.53 Å². The van der Waals surface area contributed by atoms with Gasteiger partial charge in [-0.05, 0) is 19.4 Å². The first-order chi connectivity index (χ1) is 6.70. The van der Waals surface area contributed by atoms with Crippen LogP contribution in [0.5, 0.6) is 0 Å². The maximum absolute atomic E-state index is 11.2. The molecule has 4 nitrogen and oxygen atoms in total. The summed E-state index contributed by atoms with van der Waals surface area (Å²) in [6.07, 6.45) is 2.88. The lowest BCUT2D eigenvalue weighted by Gasteiger charge is -2.12. The van der Waals surface area contributed by atoms with Gasteiger partial charge in [0.2, 0.25) is 5.91 Å². The van der Waals surface area contributed by atoms with Crippen LogP contribution in [-0.4, -0.2) is 50.7 Å². The second-order valence-electron chi connectivity index (χ2n) is 3.88. The number of hydrogen-bond donors (Lipinski definition) is 1. The molecular formula is C10H20N2O2. The van der Waals surface area contributed by atoms with Crippen molar-refractivity contribution in [3.05, 3.63) is 0 Å². The smallest absolute Gasteiger partial charge is 0.222 e. The molecule has 0 aromatic carbocycles. The summed E-state index contributed by atoms with van der Waals surface area (Å²) in [5.74, 6) is 0.179. The molecule has 1 heterocycles. The standard InChI is InChI=1S/C10H20N2O2/c1-12(2)10(13)4-3-7-14-9-5-6-11-8-9/h9,11H,3-8H2,1-2H3. The van der Waals surface area contributed by atoms with Crippen LogP contribution in [0.25, 0.3) is 0 Å². The molecule has 4 heteroatoms. The molecule has 1 amide bonds. The lowest BCUT2D eigenvalue weighted by Crippen LogP contribution is -2.22. The van der Waals surface area contributed by atoms with E-state index in [1.807, 2.05) is 0 Å². The van der Waals surface area contributed by atoms with E-state index in [2.05, 4.69) is 5.32 Å². The van der Waals surface area contributed by atoms with Gasteiger partial charge in [0.15, 0.2) is 0 Å². The van der Waals surface area contributed by atoms with Crippen LogP contribution in [0.3, 0.4) is 0 Å². The maximum Gasteiger partial charge on any atom is 0.222 e. The normalized spacial score (nSPS) is 21.1. The lowest BCUT2D eigenvalue weighted by atomic mass is 10.3. The van der Waals surface area contributed by atoms with Crippen LogP contribution >= 0.6 is 0 Å². The Bertz CT molecular complexity index is 177. The lowest BCUT2D eigenvalue weighted by molar-refractivity contribution is -0.129.